The molecule has 1 heterocycles. The number of methoxy groups -OCH3 is 1. The molecule has 150 valence electrons. The second kappa shape index (κ2) is 9.49. The maximum absolute atomic E-state index is 13.0. The van der Waals surface area contributed by atoms with Crippen LogP contribution in [0.3, 0.4) is 0 Å². The number of carbonyl (C=O) groups excluding carboxylic acids is 1. The highest BCUT2D eigenvalue weighted by Crippen LogP contribution is 2.28. The molecule has 5 heteroatoms. The van der Waals surface area contributed by atoms with Gasteiger partial charge in [0.05, 0.1) is 12.8 Å². The third-order valence-corrected chi connectivity index (χ3v) is 5.27. The van der Waals surface area contributed by atoms with Crippen LogP contribution in [0.2, 0.25) is 0 Å². The highest BCUT2D eigenvalue weighted by atomic mass is 16.5. The summed E-state index contributed by atoms with van der Waals surface area (Å²) in [5, 5.41) is 0. The number of piperazine rings is 1. The summed E-state index contributed by atoms with van der Waals surface area (Å²) in [6.45, 7) is 7.06. The Kier molecular flexibility index (Phi) is 6.80. The van der Waals surface area contributed by atoms with Gasteiger partial charge in [-0.2, -0.15) is 0 Å². The molecule has 1 saturated heterocycles. The number of nitrogens with zero attached hydrogens (tertiary/aromatic N) is 2. The van der Waals surface area contributed by atoms with Crippen LogP contribution in [0.25, 0.3) is 0 Å². The van der Waals surface area contributed by atoms with Gasteiger partial charge in [0, 0.05) is 26.2 Å². The lowest BCUT2D eigenvalue weighted by molar-refractivity contribution is -0.139. The molecule has 1 unspecified atom stereocenters. The predicted octanol–water partition coefficient (Wildman–Crippen LogP) is 3.76. The Balaban J connectivity index is 1.59. The topological polar surface area (TPSA) is 42.0 Å². The first kappa shape index (κ1) is 20.1. The Morgan fingerprint density at radius 2 is 1.68 bits per heavy atom. The van der Waals surface area contributed by atoms with Crippen molar-refractivity contribution in [2.45, 2.75) is 32.8 Å². The lowest BCUT2D eigenvalue weighted by Gasteiger charge is -2.37. The highest BCUT2D eigenvalue weighted by Gasteiger charge is 2.28. The molecule has 0 bridgehead atoms. The predicted molar refractivity (Wildman–Crippen MR) is 112 cm³/mol. The average molecular weight is 383 g/mol. The van der Waals surface area contributed by atoms with Crippen molar-refractivity contribution in [2.24, 2.45) is 0 Å². The summed E-state index contributed by atoms with van der Waals surface area (Å²) in [4.78, 5) is 17.2. The molecule has 0 radical (unpaired) electrons. The summed E-state index contributed by atoms with van der Waals surface area (Å²) >= 11 is 0. The number of rotatable bonds is 7. The molecule has 0 N–H and O–H groups in total. The molecule has 5 nitrogen and oxygen atoms in total. The Morgan fingerprint density at radius 3 is 2.29 bits per heavy atom. The summed E-state index contributed by atoms with van der Waals surface area (Å²) < 4.78 is 11.5. The van der Waals surface area contributed by atoms with Gasteiger partial charge in [-0.25, -0.2) is 0 Å². The van der Waals surface area contributed by atoms with E-state index in [0.29, 0.717) is 19.5 Å². The summed E-state index contributed by atoms with van der Waals surface area (Å²) in [5.74, 6) is 1.69. The van der Waals surface area contributed by atoms with E-state index in [1.165, 1.54) is 5.56 Å². The van der Waals surface area contributed by atoms with Crippen LogP contribution in [0.4, 0.5) is 5.69 Å². The largest absolute Gasteiger partial charge is 0.495 e. The quantitative estimate of drug-likeness (QED) is 0.731. The monoisotopic (exact) mass is 382 g/mol. The Morgan fingerprint density at radius 1 is 1.00 bits per heavy atom. The summed E-state index contributed by atoms with van der Waals surface area (Å²) in [5.41, 5.74) is 2.34. The van der Waals surface area contributed by atoms with Gasteiger partial charge in [-0.1, -0.05) is 38.1 Å². The third-order valence-electron chi connectivity index (χ3n) is 5.27. The summed E-state index contributed by atoms with van der Waals surface area (Å²) in [6, 6.07) is 16.0. The van der Waals surface area contributed by atoms with Crippen LogP contribution in [0, 0.1) is 0 Å². The Bertz CT molecular complexity index is 768. The zero-order valence-electron chi connectivity index (χ0n) is 17.1. The van der Waals surface area contributed by atoms with Crippen LogP contribution < -0.4 is 14.4 Å². The maximum atomic E-state index is 13.0. The van der Waals surface area contributed by atoms with Crippen molar-refractivity contribution >= 4 is 11.6 Å². The molecular weight excluding hydrogens is 352 g/mol. The van der Waals surface area contributed by atoms with Gasteiger partial charge in [0.1, 0.15) is 11.5 Å². The molecule has 28 heavy (non-hydrogen) atoms. The zero-order chi connectivity index (χ0) is 19.9. The number of amides is 1. The van der Waals surface area contributed by atoms with Crippen LogP contribution in [0.1, 0.15) is 25.8 Å². The van der Waals surface area contributed by atoms with Crippen LogP contribution in [-0.2, 0) is 11.2 Å². The van der Waals surface area contributed by atoms with E-state index >= 15 is 0 Å². The molecule has 0 aromatic heterocycles. The molecule has 1 fully saturated rings. The number of anilines is 1. The Labute approximate surface area is 167 Å². The molecule has 0 aliphatic carbocycles. The first-order chi connectivity index (χ1) is 13.7. The standard InChI is InChI=1S/C23H30N2O3/c1-4-18-10-12-19(13-11-18)28-21(5-2)23(26)25-16-14-24(15-17-25)20-8-6-7-9-22(20)27-3/h6-13,21H,4-5,14-17H2,1-3H3. The first-order valence-corrected chi connectivity index (χ1v) is 10.1. The van der Waals surface area contributed by atoms with Crippen molar-refractivity contribution in [2.75, 3.05) is 38.2 Å². The van der Waals surface area contributed by atoms with E-state index in [1.54, 1.807) is 7.11 Å². The highest BCUT2D eigenvalue weighted by molar-refractivity contribution is 5.81. The van der Waals surface area contributed by atoms with Crippen LogP contribution >= 0.6 is 0 Å². The molecule has 1 aliphatic heterocycles. The molecule has 2 aromatic carbocycles. The molecule has 1 amide bonds. The van der Waals surface area contributed by atoms with Gasteiger partial charge in [-0.3, -0.25) is 4.79 Å². The van der Waals surface area contributed by atoms with Crippen LogP contribution in [-0.4, -0.2) is 50.2 Å². The molecule has 0 saturated carbocycles. The van der Waals surface area contributed by atoms with E-state index in [9.17, 15) is 4.79 Å². The number of aryl methyl sites for hydroxylation is 1. The lowest BCUT2D eigenvalue weighted by Crippen LogP contribution is -2.52. The number of carbonyl (C=O) groups is 1. The van der Waals surface area contributed by atoms with Crippen molar-refractivity contribution in [3.63, 3.8) is 0 Å². The van der Waals surface area contributed by atoms with Crippen molar-refractivity contribution in [3.05, 3.63) is 54.1 Å². The fourth-order valence-electron chi connectivity index (χ4n) is 3.54. The molecule has 3 rings (SSSR count). The zero-order valence-corrected chi connectivity index (χ0v) is 17.1. The molecule has 1 aliphatic rings. The van der Waals surface area contributed by atoms with E-state index < -0.39 is 6.10 Å². The number of para-hydroxylation sites is 2. The van der Waals surface area contributed by atoms with E-state index in [0.717, 1.165) is 36.7 Å². The maximum Gasteiger partial charge on any atom is 0.263 e. The molecule has 2 aromatic rings. The van der Waals surface area contributed by atoms with Crippen LogP contribution in [0.5, 0.6) is 11.5 Å². The van der Waals surface area contributed by atoms with Gasteiger partial charge in [-0.05, 0) is 42.7 Å². The fourth-order valence-corrected chi connectivity index (χ4v) is 3.54. The summed E-state index contributed by atoms with van der Waals surface area (Å²) in [7, 11) is 1.69. The van der Waals surface area contributed by atoms with Crippen molar-refractivity contribution in [1.29, 1.82) is 0 Å². The molecule has 0 spiro atoms. The smallest absolute Gasteiger partial charge is 0.263 e. The second-order valence-corrected chi connectivity index (χ2v) is 7.00. The SMILES string of the molecule is CCc1ccc(OC(CC)C(=O)N2CCN(c3ccccc3OC)CC2)cc1. The van der Waals surface area contributed by atoms with Gasteiger partial charge >= 0.3 is 0 Å². The minimum absolute atomic E-state index is 0.0711. The molecular formula is C23H30N2O3. The van der Waals surface area contributed by atoms with Crippen molar-refractivity contribution in [3.8, 4) is 11.5 Å². The number of ether oxygens (including phenoxy) is 2. The van der Waals surface area contributed by atoms with Gasteiger partial charge in [-0.15, -0.1) is 0 Å². The third kappa shape index (κ3) is 4.58. The number of benzene rings is 2. The average Bonchev–Trinajstić information content (AvgIpc) is 2.77. The minimum Gasteiger partial charge on any atom is -0.495 e. The van der Waals surface area contributed by atoms with Gasteiger partial charge in [0.25, 0.3) is 5.91 Å². The Hall–Kier alpha value is -2.69. The first-order valence-electron chi connectivity index (χ1n) is 10.1. The number of hydrogen-bond acceptors (Lipinski definition) is 4. The molecule has 1 atom stereocenters. The minimum atomic E-state index is -0.440. The van der Waals surface area contributed by atoms with E-state index in [4.69, 9.17) is 9.47 Å². The lowest BCUT2D eigenvalue weighted by atomic mass is 10.1. The van der Waals surface area contributed by atoms with E-state index in [-0.39, 0.29) is 5.91 Å². The van der Waals surface area contributed by atoms with Gasteiger partial charge in [0.15, 0.2) is 6.10 Å². The van der Waals surface area contributed by atoms with Gasteiger partial charge in [0.2, 0.25) is 0 Å². The van der Waals surface area contributed by atoms with Crippen molar-refractivity contribution in [1.82, 2.24) is 4.90 Å². The second-order valence-electron chi connectivity index (χ2n) is 7.00. The fraction of sp³-hybridized carbons (Fsp3) is 0.435. The van der Waals surface area contributed by atoms with E-state index in [2.05, 4.69) is 30.0 Å². The normalized spacial score (nSPS) is 15.2. The van der Waals surface area contributed by atoms with Crippen LogP contribution in [0.15, 0.2) is 48.5 Å². The summed E-state index contributed by atoms with van der Waals surface area (Å²) in [6.07, 6.45) is 1.21. The number of hydrogen-bond donors (Lipinski definition) is 0. The van der Waals surface area contributed by atoms with Crippen molar-refractivity contribution < 1.29 is 14.3 Å². The van der Waals surface area contributed by atoms with Gasteiger partial charge < -0.3 is 19.3 Å². The van der Waals surface area contributed by atoms with E-state index in [1.807, 2.05) is 42.2 Å².